The second-order valence-electron chi connectivity index (χ2n) is 11.4. The third kappa shape index (κ3) is 7.10. The Morgan fingerprint density at radius 3 is 2.56 bits per heavy atom. The summed E-state index contributed by atoms with van der Waals surface area (Å²) in [7, 11) is 1.58. The minimum absolute atomic E-state index is 0.0374. The number of aryl methyl sites for hydroxylation is 1. The van der Waals surface area contributed by atoms with E-state index in [0.29, 0.717) is 16.0 Å². The highest BCUT2D eigenvalue weighted by atomic mass is 32.1. The maximum Gasteiger partial charge on any atom is 0.435 e. The van der Waals surface area contributed by atoms with Gasteiger partial charge in [0.05, 0.1) is 12.6 Å². The molecule has 0 aliphatic carbocycles. The highest BCUT2D eigenvalue weighted by molar-refractivity contribution is 7.12. The normalized spacial score (nSPS) is 16.1. The molecule has 8 nitrogen and oxygen atoms in total. The van der Waals surface area contributed by atoms with E-state index in [1.165, 1.54) is 33.2 Å². The van der Waals surface area contributed by atoms with E-state index >= 15 is 0 Å². The van der Waals surface area contributed by atoms with Gasteiger partial charge in [-0.25, -0.2) is 4.79 Å². The number of halogens is 3. The van der Waals surface area contributed by atoms with Crippen molar-refractivity contribution in [1.82, 2.24) is 19.6 Å². The average Bonchev–Trinajstić information content (AvgIpc) is 3.58. The van der Waals surface area contributed by atoms with Crippen LogP contribution in [-0.2, 0) is 28.8 Å². The third-order valence-corrected chi connectivity index (χ3v) is 8.21. The molecule has 0 spiro atoms. The van der Waals surface area contributed by atoms with Gasteiger partial charge in [0.2, 0.25) is 5.91 Å². The van der Waals surface area contributed by atoms with Gasteiger partial charge >= 0.3 is 12.3 Å². The number of amides is 2. The maximum absolute atomic E-state index is 14.0. The molecule has 1 aromatic carbocycles. The molecule has 0 fully saturated rings. The third-order valence-electron chi connectivity index (χ3n) is 7.17. The molecule has 1 aliphatic rings. The zero-order valence-corrected chi connectivity index (χ0v) is 25.7. The number of rotatable bonds is 6. The highest BCUT2D eigenvalue weighted by Crippen LogP contribution is 2.44. The lowest BCUT2D eigenvalue weighted by atomic mass is 9.83. The van der Waals surface area contributed by atoms with Crippen LogP contribution in [0.3, 0.4) is 0 Å². The Hall–Kier alpha value is -4.11. The quantitative estimate of drug-likeness (QED) is 0.285. The van der Waals surface area contributed by atoms with Gasteiger partial charge in [0, 0.05) is 48.8 Å². The molecule has 1 aliphatic heterocycles. The minimum atomic E-state index is -4.66. The van der Waals surface area contributed by atoms with E-state index in [2.05, 4.69) is 11.2 Å². The van der Waals surface area contributed by atoms with Gasteiger partial charge in [-0.3, -0.25) is 9.48 Å². The lowest BCUT2D eigenvalue weighted by Gasteiger charge is -2.33. The number of alkyl halides is 3. The number of thiophene rings is 1. The number of benzene rings is 1. The number of aromatic nitrogens is 2. The second kappa shape index (κ2) is 12.2. The van der Waals surface area contributed by atoms with Crippen molar-refractivity contribution in [2.45, 2.75) is 71.4 Å². The number of hydrogen-bond donors (Lipinski definition) is 0. The van der Waals surface area contributed by atoms with Crippen molar-refractivity contribution in [1.29, 1.82) is 5.26 Å². The minimum Gasteiger partial charge on any atom is -0.444 e. The zero-order valence-electron chi connectivity index (χ0n) is 24.9. The number of fused-ring (bicyclic) bond motifs is 1. The van der Waals surface area contributed by atoms with Crippen LogP contribution in [0.25, 0.3) is 11.1 Å². The summed E-state index contributed by atoms with van der Waals surface area (Å²) in [6.07, 6.45) is -0.788. The standard InChI is InChI=1S/C31H34F3N5O3S/c1-7-39-17-25(28(36-39)31(32,33)34)22-11-9-8-10-21(22)24-16-38(18-26-23(24)14-20(15-35)43-26)27(40)13-12-19(2)37(6)29(41)42-30(3,4)5/h8-14,17,19,24H,7,16,18H2,1-6H3/b13-12+/t19-,24+/m1/s1. The first-order valence-corrected chi connectivity index (χ1v) is 14.6. The van der Waals surface area contributed by atoms with Gasteiger partial charge in [0.25, 0.3) is 0 Å². The first kappa shape index (κ1) is 31.8. The van der Waals surface area contributed by atoms with Gasteiger partial charge < -0.3 is 14.5 Å². The summed E-state index contributed by atoms with van der Waals surface area (Å²) < 4.78 is 48.8. The Bertz CT molecular complexity index is 1580. The largest absolute Gasteiger partial charge is 0.444 e. The van der Waals surface area contributed by atoms with Crippen LogP contribution in [0.5, 0.6) is 0 Å². The zero-order chi connectivity index (χ0) is 31.7. The van der Waals surface area contributed by atoms with Crippen molar-refractivity contribution in [2.24, 2.45) is 0 Å². The molecule has 2 aromatic heterocycles. The Balaban J connectivity index is 1.69. The number of carbonyl (C=O) groups excluding carboxylic acids is 2. The summed E-state index contributed by atoms with van der Waals surface area (Å²) in [6, 6.07) is 10.3. The Morgan fingerprint density at radius 2 is 1.93 bits per heavy atom. The van der Waals surface area contributed by atoms with E-state index in [1.54, 1.807) is 83.0 Å². The number of likely N-dealkylation sites (N-methyl/N-ethyl adjacent to an activating group) is 1. The molecule has 0 N–H and O–H groups in total. The summed E-state index contributed by atoms with van der Waals surface area (Å²) in [5, 5.41) is 13.4. The number of nitriles is 1. The van der Waals surface area contributed by atoms with Gasteiger partial charge in [-0.05, 0) is 57.4 Å². The number of ether oxygens (including phenoxy) is 1. The second-order valence-corrected chi connectivity index (χ2v) is 12.5. The molecule has 43 heavy (non-hydrogen) atoms. The summed E-state index contributed by atoms with van der Waals surface area (Å²) >= 11 is 1.27. The Morgan fingerprint density at radius 1 is 1.23 bits per heavy atom. The predicted octanol–water partition coefficient (Wildman–Crippen LogP) is 6.81. The van der Waals surface area contributed by atoms with Crippen LogP contribution < -0.4 is 0 Å². The fraction of sp³-hybridized carbons (Fsp3) is 0.419. The molecule has 2 atom stereocenters. The SMILES string of the molecule is CCn1cc(-c2ccccc2[C@@H]2CN(C(=O)/C=C/[C@@H](C)N(C)C(=O)OC(C)(C)C)Cc3sc(C#N)cc32)c(C(F)(F)F)n1. The van der Waals surface area contributed by atoms with E-state index in [9.17, 15) is 28.0 Å². The van der Waals surface area contributed by atoms with Crippen LogP contribution in [0.2, 0.25) is 0 Å². The highest BCUT2D eigenvalue weighted by Gasteiger charge is 2.39. The van der Waals surface area contributed by atoms with Crippen molar-refractivity contribution in [2.75, 3.05) is 13.6 Å². The summed E-state index contributed by atoms with van der Waals surface area (Å²) in [4.78, 5) is 30.1. The molecule has 0 radical (unpaired) electrons. The Labute approximate surface area is 253 Å². The molecular formula is C31H34F3N5O3S. The van der Waals surface area contributed by atoms with Crippen LogP contribution in [0.4, 0.5) is 18.0 Å². The van der Waals surface area contributed by atoms with Crippen molar-refractivity contribution in [3.8, 4) is 17.2 Å². The van der Waals surface area contributed by atoms with Gasteiger partial charge in [-0.2, -0.15) is 23.5 Å². The first-order valence-electron chi connectivity index (χ1n) is 13.8. The van der Waals surface area contributed by atoms with Crippen molar-refractivity contribution in [3.05, 3.63) is 75.3 Å². The van der Waals surface area contributed by atoms with Crippen molar-refractivity contribution in [3.63, 3.8) is 0 Å². The van der Waals surface area contributed by atoms with Crippen molar-refractivity contribution >= 4 is 23.3 Å². The molecular weight excluding hydrogens is 579 g/mol. The Kier molecular flexibility index (Phi) is 9.06. The smallest absolute Gasteiger partial charge is 0.435 e. The van der Waals surface area contributed by atoms with E-state index < -0.39 is 35.5 Å². The monoisotopic (exact) mass is 613 g/mol. The van der Waals surface area contributed by atoms with Crippen LogP contribution >= 0.6 is 11.3 Å². The maximum atomic E-state index is 14.0. The van der Waals surface area contributed by atoms with Crippen LogP contribution in [0.1, 0.15) is 67.1 Å². The lowest BCUT2D eigenvalue weighted by molar-refractivity contribution is -0.141. The first-order chi connectivity index (χ1) is 20.1. The molecule has 12 heteroatoms. The van der Waals surface area contributed by atoms with Crippen molar-refractivity contribution < 1.29 is 27.5 Å². The summed E-state index contributed by atoms with van der Waals surface area (Å²) in [5.41, 5.74) is 0.112. The molecule has 0 unspecified atom stereocenters. The fourth-order valence-electron chi connectivity index (χ4n) is 4.90. The molecule has 228 valence electrons. The summed E-state index contributed by atoms with van der Waals surface area (Å²) in [5.74, 6) is -0.803. The van der Waals surface area contributed by atoms with Gasteiger partial charge in [-0.1, -0.05) is 30.3 Å². The molecule has 0 saturated carbocycles. The van der Waals surface area contributed by atoms with E-state index in [0.717, 1.165) is 10.4 Å². The fourth-order valence-corrected chi connectivity index (χ4v) is 5.94. The molecule has 4 rings (SSSR count). The van der Waals surface area contributed by atoms with E-state index in [1.807, 2.05) is 0 Å². The van der Waals surface area contributed by atoms with Gasteiger partial charge in [0.15, 0.2) is 5.69 Å². The molecule has 2 amide bonds. The predicted molar refractivity (Wildman–Crippen MR) is 157 cm³/mol. The van der Waals surface area contributed by atoms with Crippen LogP contribution in [-0.4, -0.2) is 56.8 Å². The molecule has 0 bridgehead atoms. The number of hydrogen-bond acceptors (Lipinski definition) is 6. The topological polar surface area (TPSA) is 91.5 Å². The number of nitrogens with zero attached hydrogens (tertiary/aromatic N) is 5. The average molecular weight is 614 g/mol. The molecule has 0 saturated heterocycles. The van der Waals surface area contributed by atoms with Crippen LogP contribution in [0, 0.1) is 11.3 Å². The van der Waals surface area contributed by atoms with Crippen LogP contribution in [0.15, 0.2) is 48.7 Å². The van der Waals surface area contributed by atoms with Gasteiger partial charge in [0.1, 0.15) is 16.5 Å². The van der Waals surface area contributed by atoms with Gasteiger partial charge in [-0.15, -0.1) is 11.3 Å². The summed E-state index contributed by atoms with van der Waals surface area (Å²) in [6.45, 7) is 9.49. The lowest BCUT2D eigenvalue weighted by Crippen LogP contribution is -2.39. The number of carbonyl (C=O) groups is 2. The van der Waals surface area contributed by atoms with E-state index in [4.69, 9.17) is 4.74 Å². The molecule has 3 heterocycles. The van der Waals surface area contributed by atoms with E-state index in [-0.39, 0.29) is 31.1 Å². The molecule has 3 aromatic rings.